The Bertz CT molecular complexity index is 1360. The zero-order valence-electron chi connectivity index (χ0n) is 17.8. The zero-order valence-corrected chi connectivity index (χ0v) is 18.8. The highest BCUT2D eigenvalue weighted by Crippen LogP contribution is 2.44. The number of hydrogen-bond acceptors (Lipinski definition) is 5. The third-order valence-corrected chi connectivity index (χ3v) is 8.28. The molecule has 0 bridgehead atoms. The number of rotatable bonds is 4. The fourth-order valence-corrected chi connectivity index (χ4v) is 6.66. The van der Waals surface area contributed by atoms with Crippen LogP contribution in [0.4, 0.5) is 13.2 Å². The van der Waals surface area contributed by atoms with Crippen molar-refractivity contribution in [3.63, 3.8) is 0 Å². The number of benzene rings is 2. The van der Waals surface area contributed by atoms with Gasteiger partial charge in [-0.2, -0.15) is 13.2 Å². The Morgan fingerprint density at radius 2 is 2.09 bits per heavy atom. The lowest BCUT2D eigenvalue weighted by molar-refractivity contribution is -0.136. The van der Waals surface area contributed by atoms with Gasteiger partial charge < -0.3 is 8.98 Å². The van der Waals surface area contributed by atoms with Crippen LogP contribution >= 0.6 is 0 Å². The molecule has 1 saturated heterocycles. The summed E-state index contributed by atoms with van der Waals surface area (Å²) < 4.78 is 48.3. The molecule has 1 aliphatic heterocycles. The van der Waals surface area contributed by atoms with Gasteiger partial charge in [0.15, 0.2) is 5.58 Å². The molecule has 2 aromatic heterocycles. The summed E-state index contributed by atoms with van der Waals surface area (Å²) in [6.07, 6.45) is -1.73. The highest BCUT2D eigenvalue weighted by atomic mass is 28.2. The monoisotopic (exact) mass is 468 g/mol. The van der Waals surface area contributed by atoms with Gasteiger partial charge in [-0.1, -0.05) is 25.1 Å². The lowest BCUT2D eigenvalue weighted by atomic mass is 9.88. The van der Waals surface area contributed by atoms with Gasteiger partial charge in [-0.3, -0.25) is 4.79 Å². The van der Waals surface area contributed by atoms with Crippen molar-refractivity contribution in [3.8, 4) is 11.5 Å². The van der Waals surface area contributed by atoms with Crippen LogP contribution in [0.2, 0.25) is 6.04 Å². The highest BCUT2D eigenvalue weighted by Gasteiger charge is 2.44. The number of aryl methyl sites for hydroxylation is 1. The van der Waals surface area contributed by atoms with Gasteiger partial charge in [-0.25, -0.2) is 4.98 Å². The maximum Gasteiger partial charge on any atom is 0.420 e. The summed E-state index contributed by atoms with van der Waals surface area (Å²) >= 11 is 0. The summed E-state index contributed by atoms with van der Waals surface area (Å²) in [4.78, 5) is 15.5. The molecule has 5 rings (SSSR count). The number of fused-ring (bicyclic) bond motifs is 1. The molecule has 10 heteroatoms. The van der Waals surface area contributed by atoms with Crippen molar-refractivity contribution in [2.24, 2.45) is 13.0 Å². The molecule has 33 heavy (non-hydrogen) atoms. The van der Waals surface area contributed by atoms with Gasteiger partial charge in [0.25, 0.3) is 0 Å². The second-order valence-electron chi connectivity index (χ2n) is 8.49. The number of alkyl halides is 3. The van der Waals surface area contributed by atoms with Crippen LogP contribution in [-0.2, 0) is 18.3 Å². The van der Waals surface area contributed by atoms with Crippen LogP contribution in [0.1, 0.15) is 40.7 Å². The summed E-state index contributed by atoms with van der Waals surface area (Å²) in [5.74, 6) is 1.45. The molecule has 0 saturated carbocycles. The second-order valence-corrected chi connectivity index (χ2v) is 10.1. The van der Waals surface area contributed by atoms with E-state index in [1.54, 1.807) is 12.4 Å². The molecule has 2 aromatic carbocycles. The maximum atomic E-state index is 13.6. The van der Waals surface area contributed by atoms with Gasteiger partial charge in [0.1, 0.15) is 29.5 Å². The first-order chi connectivity index (χ1) is 15.7. The minimum Gasteiger partial charge on any atom is -0.435 e. The SMILES string of the molecule is C[C@@H]1C[Si][C@](c2cccc(-c3nc4cc(C=O)cc(C(F)(F)F)c4o3)c2)(c2nncn2C)C1. The molecule has 1 aliphatic rings. The van der Waals surface area contributed by atoms with Crippen LogP contribution in [0.5, 0.6) is 0 Å². The van der Waals surface area contributed by atoms with Gasteiger partial charge >= 0.3 is 6.18 Å². The molecule has 6 nitrogen and oxygen atoms in total. The summed E-state index contributed by atoms with van der Waals surface area (Å²) in [6.45, 7) is 2.21. The van der Waals surface area contributed by atoms with E-state index >= 15 is 0 Å². The van der Waals surface area contributed by atoms with Gasteiger partial charge in [0.2, 0.25) is 5.89 Å². The van der Waals surface area contributed by atoms with Crippen molar-refractivity contribution in [3.05, 3.63) is 65.2 Å². The van der Waals surface area contributed by atoms with Crippen LogP contribution in [0.15, 0.2) is 47.1 Å². The number of aldehydes is 1. The molecule has 0 N–H and O–H groups in total. The smallest absolute Gasteiger partial charge is 0.420 e. The number of aromatic nitrogens is 4. The fraction of sp³-hybridized carbons (Fsp3) is 0.304. The molecule has 168 valence electrons. The van der Waals surface area contributed by atoms with E-state index in [4.69, 9.17) is 4.42 Å². The van der Waals surface area contributed by atoms with E-state index in [1.165, 1.54) is 6.07 Å². The van der Waals surface area contributed by atoms with Gasteiger partial charge in [0.05, 0.1) is 9.52 Å². The predicted octanol–water partition coefficient (Wildman–Crippen LogP) is 4.86. The fourth-order valence-electron chi connectivity index (χ4n) is 4.58. The van der Waals surface area contributed by atoms with E-state index in [0.717, 1.165) is 29.9 Å². The van der Waals surface area contributed by atoms with E-state index in [9.17, 15) is 18.0 Å². The van der Waals surface area contributed by atoms with Gasteiger partial charge in [-0.15, -0.1) is 10.2 Å². The standard InChI is InChI=1S/C23H19F3N4O2Si/c1-13-9-22(33-11-13,21-29-27-12-30(21)2)16-5-3-4-15(8-16)20-28-18-7-14(10-31)6-17(19(18)32-20)23(24,25)26/h3-8,10,12-13H,9,11H2,1-2H3/t13-,22+/m0/s1. The van der Waals surface area contributed by atoms with E-state index in [0.29, 0.717) is 27.3 Å². The van der Waals surface area contributed by atoms with Crippen molar-refractivity contribution in [2.75, 3.05) is 0 Å². The maximum absolute atomic E-state index is 13.6. The van der Waals surface area contributed by atoms with Crippen molar-refractivity contribution >= 4 is 26.9 Å². The first-order valence-corrected chi connectivity index (χ1v) is 11.6. The molecule has 2 atom stereocenters. The zero-order chi connectivity index (χ0) is 23.4. The molecular weight excluding hydrogens is 449 g/mol. The quantitative estimate of drug-likeness (QED) is 0.316. The second kappa shape index (κ2) is 7.65. The van der Waals surface area contributed by atoms with Gasteiger partial charge in [0, 0.05) is 23.2 Å². The molecule has 2 radical (unpaired) electrons. The average Bonchev–Trinajstić information content (AvgIpc) is 3.50. The largest absolute Gasteiger partial charge is 0.435 e. The first-order valence-electron chi connectivity index (χ1n) is 10.4. The van der Waals surface area contributed by atoms with Crippen LogP contribution in [0.3, 0.4) is 0 Å². The Balaban J connectivity index is 1.65. The third kappa shape index (κ3) is 3.58. The molecule has 0 aliphatic carbocycles. The molecule has 0 amide bonds. The first kappa shape index (κ1) is 21.6. The van der Waals surface area contributed by atoms with E-state index < -0.39 is 11.7 Å². The van der Waals surface area contributed by atoms with Crippen LogP contribution in [0.25, 0.3) is 22.6 Å². The molecule has 4 aromatic rings. The lowest BCUT2D eigenvalue weighted by Gasteiger charge is -2.29. The predicted molar refractivity (Wildman–Crippen MR) is 116 cm³/mol. The molecule has 0 spiro atoms. The Kier molecular flexibility index (Phi) is 5.00. The summed E-state index contributed by atoms with van der Waals surface area (Å²) in [6, 6.07) is 10.7. The normalized spacial score (nSPS) is 21.1. The van der Waals surface area contributed by atoms with E-state index in [-0.39, 0.29) is 27.6 Å². The molecule has 3 heterocycles. The minimum atomic E-state index is -4.67. The number of carbonyl (C=O) groups is 1. The highest BCUT2D eigenvalue weighted by molar-refractivity contribution is 6.42. The Hall–Kier alpha value is -3.27. The van der Waals surface area contributed by atoms with Crippen LogP contribution in [-0.4, -0.2) is 35.6 Å². The molecular formula is C23H19F3N4O2Si. The number of carbonyl (C=O) groups excluding carboxylic acids is 1. The summed E-state index contributed by atoms with van der Waals surface area (Å²) in [7, 11) is 2.51. The van der Waals surface area contributed by atoms with Crippen molar-refractivity contribution in [1.82, 2.24) is 19.7 Å². The number of halogens is 3. The summed E-state index contributed by atoms with van der Waals surface area (Å²) in [5, 5.41) is 8.15. The molecule has 1 fully saturated rings. The Morgan fingerprint density at radius 3 is 2.73 bits per heavy atom. The average molecular weight is 469 g/mol. The lowest BCUT2D eigenvalue weighted by Crippen LogP contribution is -2.33. The Morgan fingerprint density at radius 1 is 1.27 bits per heavy atom. The third-order valence-electron chi connectivity index (χ3n) is 6.06. The van der Waals surface area contributed by atoms with Crippen molar-refractivity contribution < 1.29 is 22.4 Å². The van der Waals surface area contributed by atoms with Crippen LogP contribution in [0, 0.1) is 5.92 Å². The van der Waals surface area contributed by atoms with Crippen molar-refractivity contribution in [2.45, 2.75) is 30.6 Å². The number of nitrogens with zero attached hydrogens (tertiary/aromatic N) is 4. The van der Waals surface area contributed by atoms with E-state index in [1.807, 2.05) is 29.8 Å². The minimum absolute atomic E-state index is 0.00768. The Labute approximate surface area is 189 Å². The number of oxazole rings is 1. The van der Waals surface area contributed by atoms with E-state index in [2.05, 4.69) is 22.1 Å². The topological polar surface area (TPSA) is 73.8 Å². The summed E-state index contributed by atoms with van der Waals surface area (Å²) in [5.41, 5.74) is 0.0603. The number of hydrogen-bond donors (Lipinski definition) is 0. The van der Waals surface area contributed by atoms with Crippen molar-refractivity contribution in [1.29, 1.82) is 0 Å². The molecule has 0 unspecified atom stereocenters. The van der Waals surface area contributed by atoms with Crippen LogP contribution < -0.4 is 0 Å². The van der Waals surface area contributed by atoms with Gasteiger partial charge in [-0.05, 0) is 42.2 Å².